The molecule has 0 aliphatic carbocycles. The topological polar surface area (TPSA) is 56.1 Å². The van der Waals surface area contributed by atoms with E-state index in [-0.39, 0.29) is 5.91 Å². The zero-order valence-electron chi connectivity index (χ0n) is 14.1. The van der Waals surface area contributed by atoms with Crippen LogP contribution in [0.25, 0.3) is 0 Å². The molecule has 1 aliphatic rings. The van der Waals surface area contributed by atoms with Gasteiger partial charge in [-0.3, -0.25) is 4.79 Å². The molecule has 0 saturated carbocycles. The Bertz CT molecular complexity index is 533. The quantitative estimate of drug-likeness (QED) is 0.788. The minimum atomic E-state index is 0.112. The van der Waals surface area contributed by atoms with Gasteiger partial charge in [-0.2, -0.15) is 5.26 Å². The van der Waals surface area contributed by atoms with E-state index < -0.39 is 0 Å². The zero-order valence-corrected chi connectivity index (χ0v) is 14.1. The number of nitrogens with zero attached hydrogens (tertiary/aromatic N) is 2. The third-order valence-electron chi connectivity index (χ3n) is 4.61. The molecule has 0 spiro atoms. The number of benzene rings is 1. The van der Waals surface area contributed by atoms with Crippen LogP contribution in [0.3, 0.4) is 0 Å². The molecule has 1 N–H and O–H groups in total. The lowest BCUT2D eigenvalue weighted by Gasteiger charge is -2.33. The van der Waals surface area contributed by atoms with Crippen LogP contribution in [0.4, 0.5) is 0 Å². The van der Waals surface area contributed by atoms with E-state index in [2.05, 4.69) is 23.2 Å². The lowest BCUT2D eigenvalue weighted by atomic mass is 10.0. The summed E-state index contributed by atoms with van der Waals surface area (Å²) in [6.45, 7) is 5.34. The summed E-state index contributed by atoms with van der Waals surface area (Å²) < 4.78 is 0. The van der Waals surface area contributed by atoms with Crippen molar-refractivity contribution in [3.05, 3.63) is 35.4 Å². The second kappa shape index (κ2) is 9.32. The average molecular weight is 313 g/mol. The molecule has 0 bridgehead atoms. The van der Waals surface area contributed by atoms with Gasteiger partial charge in [0.05, 0.1) is 11.6 Å². The normalized spacial score (nSPS) is 18.3. The summed E-state index contributed by atoms with van der Waals surface area (Å²) in [5.41, 5.74) is 1.76. The molecule has 0 radical (unpaired) electrons. The fraction of sp³-hybridized carbons (Fsp3) is 0.579. The molecule has 4 heteroatoms. The molecule has 1 aromatic carbocycles. The maximum atomic E-state index is 11.9. The van der Waals surface area contributed by atoms with E-state index in [1.54, 1.807) is 12.1 Å². The fourth-order valence-corrected chi connectivity index (χ4v) is 3.09. The number of amides is 1. The van der Waals surface area contributed by atoms with Gasteiger partial charge in [-0.05, 0) is 56.8 Å². The van der Waals surface area contributed by atoms with E-state index in [9.17, 15) is 4.79 Å². The van der Waals surface area contributed by atoms with Crippen molar-refractivity contribution < 1.29 is 4.79 Å². The van der Waals surface area contributed by atoms with Gasteiger partial charge in [0.2, 0.25) is 5.91 Å². The Hall–Kier alpha value is -1.86. The van der Waals surface area contributed by atoms with Gasteiger partial charge in [0.15, 0.2) is 0 Å². The maximum absolute atomic E-state index is 11.9. The highest BCUT2D eigenvalue weighted by Gasteiger charge is 2.17. The molecular weight excluding hydrogens is 286 g/mol. The monoisotopic (exact) mass is 313 g/mol. The summed E-state index contributed by atoms with van der Waals surface area (Å²) in [5, 5.41) is 11.8. The smallest absolute Gasteiger partial charge is 0.220 e. The number of hydrogen-bond acceptors (Lipinski definition) is 3. The SMILES string of the molecule is CC1CCCCN1CCCNC(=O)CCc1ccc(C#N)cc1. The maximum Gasteiger partial charge on any atom is 0.220 e. The van der Waals surface area contributed by atoms with Gasteiger partial charge in [0.1, 0.15) is 0 Å². The molecule has 1 heterocycles. The fourth-order valence-electron chi connectivity index (χ4n) is 3.09. The van der Waals surface area contributed by atoms with Crippen LogP contribution in [0, 0.1) is 11.3 Å². The molecule has 1 unspecified atom stereocenters. The molecular formula is C19H27N3O. The number of piperidine rings is 1. The van der Waals surface area contributed by atoms with E-state index in [0.29, 0.717) is 18.0 Å². The van der Waals surface area contributed by atoms with Gasteiger partial charge >= 0.3 is 0 Å². The molecule has 1 saturated heterocycles. The second-order valence-electron chi connectivity index (χ2n) is 6.39. The van der Waals surface area contributed by atoms with Crippen molar-refractivity contribution in [2.45, 2.75) is 51.5 Å². The highest BCUT2D eigenvalue weighted by atomic mass is 16.1. The Labute approximate surface area is 139 Å². The Morgan fingerprint density at radius 1 is 1.35 bits per heavy atom. The summed E-state index contributed by atoms with van der Waals surface area (Å²) >= 11 is 0. The number of carbonyl (C=O) groups is 1. The van der Waals surface area contributed by atoms with Crippen molar-refractivity contribution in [2.24, 2.45) is 0 Å². The molecule has 1 atom stereocenters. The molecule has 2 rings (SSSR count). The summed E-state index contributed by atoms with van der Waals surface area (Å²) in [5.74, 6) is 0.112. The lowest BCUT2D eigenvalue weighted by Crippen LogP contribution is -2.39. The Morgan fingerprint density at radius 2 is 2.13 bits per heavy atom. The van der Waals surface area contributed by atoms with Crippen molar-refractivity contribution >= 4 is 5.91 Å². The number of aryl methyl sites for hydroxylation is 1. The van der Waals surface area contributed by atoms with Gasteiger partial charge in [0.25, 0.3) is 0 Å². The number of rotatable bonds is 7. The van der Waals surface area contributed by atoms with Crippen LogP contribution in [0.5, 0.6) is 0 Å². The summed E-state index contributed by atoms with van der Waals surface area (Å²) in [7, 11) is 0. The first-order valence-corrected chi connectivity index (χ1v) is 8.69. The highest BCUT2D eigenvalue weighted by Crippen LogP contribution is 2.16. The van der Waals surface area contributed by atoms with Crippen molar-refractivity contribution in [3.63, 3.8) is 0 Å². The van der Waals surface area contributed by atoms with Gasteiger partial charge < -0.3 is 10.2 Å². The molecule has 23 heavy (non-hydrogen) atoms. The van der Waals surface area contributed by atoms with Crippen LogP contribution in [-0.4, -0.2) is 36.5 Å². The first kappa shape index (κ1) is 17.5. The summed E-state index contributed by atoms with van der Waals surface area (Å²) in [4.78, 5) is 14.4. The lowest BCUT2D eigenvalue weighted by molar-refractivity contribution is -0.121. The standard InChI is InChI=1S/C19H27N3O/c1-16-5-2-3-13-22(16)14-4-12-21-19(23)11-10-17-6-8-18(15-20)9-7-17/h6-9,16H,2-5,10-14H2,1H3,(H,21,23). The number of nitrogens with one attached hydrogen (secondary N) is 1. The van der Waals surface area contributed by atoms with Crippen LogP contribution in [0.15, 0.2) is 24.3 Å². The third-order valence-corrected chi connectivity index (χ3v) is 4.61. The Balaban J connectivity index is 1.58. The first-order valence-electron chi connectivity index (χ1n) is 8.69. The highest BCUT2D eigenvalue weighted by molar-refractivity contribution is 5.76. The van der Waals surface area contributed by atoms with Crippen molar-refractivity contribution in [1.29, 1.82) is 5.26 Å². The number of nitriles is 1. The van der Waals surface area contributed by atoms with E-state index in [1.165, 1.54) is 25.8 Å². The third kappa shape index (κ3) is 6.03. The van der Waals surface area contributed by atoms with E-state index in [0.717, 1.165) is 31.5 Å². The summed E-state index contributed by atoms with van der Waals surface area (Å²) in [6.07, 6.45) is 6.21. The van der Waals surface area contributed by atoms with Crippen LogP contribution in [0.1, 0.15) is 50.2 Å². The van der Waals surface area contributed by atoms with Gasteiger partial charge in [0, 0.05) is 25.6 Å². The van der Waals surface area contributed by atoms with E-state index >= 15 is 0 Å². The molecule has 124 valence electrons. The zero-order chi connectivity index (χ0) is 16.5. The van der Waals surface area contributed by atoms with Crippen LogP contribution >= 0.6 is 0 Å². The predicted molar refractivity (Wildman–Crippen MR) is 92.0 cm³/mol. The Morgan fingerprint density at radius 3 is 2.83 bits per heavy atom. The van der Waals surface area contributed by atoms with Crippen LogP contribution < -0.4 is 5.32 Å². The average Bonchev–Trinajstić information content (AvgIpc) is 2.59. The van der Waals surface area contributed by atoms with Gasteiger partial charge in [-0.1, -0.05) is 18.6 Å². The predicted octanol–water partition coefficient (Wildman–Crippen LogP) is 2.87. The minimum Gasteiger partial charge on any atom is -0.356 e. The van der Waals surface area contributed by atoms with E-state index in [4.69, 9.17) is 5.26 Å². The first-order chi connectivity index (χ1) is 11.2. The van der Waals surface area contributed by atoms with Crippen LogP contribution in [-0.2, 0) is 11.2 Å². The largest absolute Gasteiger partial charge is 0.356 e. The number of likely N-dealkylation sites (tertiary alicyclic amines) is 1. The van der Waals surface area contributed by atoms with Gasteiger partial charge in [-0.15, -0.1) is 0 Å². The molecule has 1 aliphatic heterocycles. The molecule has 1 amide bonds. The van der Waals surface area contributed by atoms with Crippen molar-refractivity contribution in [3.8, 4) is 6.07 Å². The minimum absolute atomic E-state index is 0.112. The van der Waals surface area contributed by atoms with Crippen molar-refractivity contribution in [1.82, 2.24) is 10.2 Å². The molecule has 1 fully saturated rings. The molecule has 0 aromatic heterocycles. The molecule has 4 nitrogen and oxygen atoms in total. The van der Waals surface area contributed by atoms with Crippen molar-refractivity contribution in [2.75, 3.05) is 19.6 Å². The van der Waals surface area contributed by atoms with Crippen LogP contribution in [0.2, 0.25) is 0 Å². The second-order valence-corrected chi connectivity index (χ2v) is 6.39. The number of hydrogen-bond donors (Lipinski definition) is 1. The number of carbonyl (C=O) groups excluding carboxylic acids is 1. The van der Waals surface area contributed by atoms with E-state index in [1.807, 2.05) is 12.1 Å². The Kier molecular flexibility index (Phi) is 7.09. The summed E-state index contributed by atoms with van der Waals surface area (Å²) in [6, 6.07) is 10.2. The molecule has 1 aromatic rings. The van der Waals surface area contributed by atoms with Gasteiger partial charge in [-0.25, -0.2) is 0 Å².